The Labute approximate surface area is 81.2 Å². The van der Waals surface area contributed by atoms with E-state index in [-0.39, 0.29) is 0 Å². The maximum atomic E-state index is 8.55. The van der Waals surface area contributed by atoms with Gasteiger partial charge in [0.1, 0.15) is 0 Å². The zero-order valence-corrected chi connectivity index (χ0v) is 8.34. The van der Waals surface area contributed by atoms with Gasteiger partial charge in [0.15, 0.2) is 0 Å². The van der Waals surface area contributed by atoms with E-state index in [1.807, 2.05) is 18.2 Å². The molecule has 0 saturated heterocycles. The third-order valence-corrected chi connectivity index (χ3v) is 2.15. The van der Waals surface area contributed by atoms with Gasteiger partial charge in [-0.05, 0) is 17.5 Å². The van der Waals surface area contributed by atoms with Crippen LogP contribution in [0.1, 0.15) is 11.1 Å². The van der Waals surface area contributed by atoms with E-state index in [4.69, 9.17) is 5.26 Å². The largest absolute Gasteiger partial charge is 0.198 e. The summed E-state index contributed by atoms with van der Waals surface area (Å²) >= 11 is 3.39. The maximum absolute atomic E-state index is 8.55. The molecule has 0 fully saturated rings. The predicted octanol–water partition coefficient (Wildman–Crippen LogP) is 2.69. The standard InChI is InChI=1S/C10H10BrN/c11-7-5-9-3-1-2-4-10(9)6-8-12/h1-4H,5-7H2. The highest BCUT2D eigenvalue weighted by atomic mass is 79.9. The van der Waals surface area contributed by atoms with E-state index in [0.717, 1.165) is 17.3 Å². The molecule has 0 saturated carbocycles. The number of hydrogen-bond donors (Lipinski definition) is 0. The Bertz CT molecular complexity index is 288. The number of halogens is 1. The van der Waals surface area contributed by atoms with Crippen LogP contribution in [0.4, 0.5) is 0 Å². The van der Waals surface area contributed by atoms with E-state index in [1.165, 1.54) is 5.56 Å². The maximum Gasteiger partial charge on any atom is 0.0669 e. The first kappa shape index (κ1) is 9.28. The first-order chi connectivity index (χ1) is 5.88. The molecule has 12 heavy (non-hydrogen) atoms. The highest BCUT2D eigenvalue weighted by Crippen LogP contribution is 2.10. The van der Waals surface area contributed by atoms with E-state index in [1.54, 1.807) is 0 Å². The minimum absolute atomic E-state index is 0.517. The Hall–Kier alpha value is -0.810. The van der Waals surface area contributed by atoms with Gasteiger partial charge in [0.05, 0.1) is 12.5 Å². The van der Waals surface area contributed by atoms with Crippen molar-refractivity contribution in [2.75, 3.05) is 5.33 Å². The van der Waals surface area contributed by atoms with Crippen molar-refractivity contribution in [3.8, 4) is 6.07 Å². The summed E-state index contributed by atoms with van der Waals surface area (Å²) in [5.41, 5.74) is 2.43. The number of aryl methyl sites for hydroxylation is 1. The van der Waals surface area contributed by atoms with Crippen molar-refractivity contribution in [2.24, 2.45) is 0 Å². The number of benzene rings is 1. The summed E-state index contributed by atoms with van der Waals surface area (Å²) in [6.45, 7) is 0. The Balaban J connectivity index is 2.85. The first-order valence-electron chi connectivity index (χ1n) is 3.88. The van der Waals surface area contributed by atoms with Crippen LogP contribution in [0.25, 0.3) is 0 Å². The molecule has 0 aliphatic heterocycles. The number of alkyl halides is 1. The Morgan fingerprint density at radius 1 is 1.25 bits per heavy atom. The van der Waals surface area contributed by atoms with Gasteiger partial charge >= 0.3 is 0 Å². The van der Waals surface area contributed by atoms with Crippen LogP contribution in [0, 0.1) is 11.3 Å². The third kappa shape index (κ3) is 2.35. The van der Waals surface area contributed by atoms with Crippen molar-refractivity contribution in [2.45, 2.75) is 12.8 Å². The lowest BCUT2D eigenvalue weighted by Gasteiger charge is -2.03. The van der Waals surface area contributed by atoms with Gasteiger partial charge in [-0.3, -0.25) is 0 Å². The summed E-state index contributed by atoms with van der Waals surface area (Å²) in [5.74, 6) is 0. The van der Waals surface area contributed by atoms with Crippen LogP contribution in [0.3, 0.4) is 0 Å². The SMILES string of the molecule is N#CCc1ccccc1CCBr. The van der Waals surface area contributed by atoms with Crippen molar-refractivity contribution in [3.63, 3.8) is 0 Å². The fraction of sp³-hybridized carbons (Fsp3) is 0.300. The molecular formula is C10H10BrN. The molecule has 0 N–H and O–H groups in total. The van der Waals surface area contributed by atoms with Crippen molar-refractivity contribution in [1.82, 2.24) is 0 Å². The lowest BCUT2D eigenvalue weighted by atomic mass is 10.0. The summed E-state index contributed by atoms with van der Waals surface area (Å²) < 4.78 is 0. The van der Waals surface area contributed by atoms with Crippen LogP contribution in [0.15, 0.2) is 24.3 Å². The van der Waals surface area contributed by atoms with Gasteiger partial charge in [-0.1, -0.05) is 40.2 Å². The van der Waals surface area contributed by atoms with E-state index in [9.17, 15) is 0 Å². The second-order valence-corrected chi connectivity index (χ2v) is 3.34. The molecule has 0 atom stereocenters. The Morgan fingerprint density at radius 2 is 1.92 bits per heavy atom. The number of hydrogen-bond acceptors (Lipinski definition) is 1. The van der Waals surface area contributed by atoms with Crippen LogP contribution in [0.2, 0.25) is 0 Å². The molecule has 0 aromatic heterocycles. The van der Waals surface area contributed by atoms with Crippen LogP contribution in [-0.4, -0.2) is 5.33 Å². The molecular weight excluding hydrogens is 214 g/mol. The lowest BCUT2D eigenvalue weighted by molar-refractivity contribution is 1.10. The second-order valence-electron chi connectivity index (χ2n) is 2.54. The molecule has 0 heterocycles. The van der Waals surface area contributed by atoms with Gasteiger partial charge in [-0.25, -0.2) is 0 Å². The summed E-state index contributed by atoms with van der Waals surface area (Å²) in [7, 11) is 0. The van der Waals surface area contributed by atoms with Gasteiger partial charge in [0.2, 0.25) is 0 Å². The highest BCUT2D eigenvalue weighted by Gasteiger charge is 1.98. The molecule has 0 bridgehead atoms. The number of nitriles is 1. The number of nitrogens with zero attached hydrogens (tertiary/aromatic N) is 1. The molecule has 1 rings (SSSR count). The predicted molar refractivity (Wildman–Crippen MR) is 53.3 cm³/mol. The molecule has 0 spiro atoms. The summed E-state index contributed by atoms with van der Waals surface area (Å²) in [6, 6.07) is 10.2. The molecule has 0 unspecified atom stereocenters. The van der Waals surface area contributed by atoms with Crippen molar-refractivity contribution in [1.29, 1.82) is 5.26 Å². The van der Waals surface area contributed by atoms with Crippen molar-refractivity contribution < 1.29 is 0 Å². The third-order valence-electron chi connectivity index (χ3n) is 1.75. The van der Waals surface area contributed by atoms with Gasteiger partial charge in [-0.2, -0.15) is 5.26 Å². The van der Waals surface area contributed by atoms with Gasteiger partial charge in [0.25, 0.3) is 0 Å². The smallest absolute Gasteiger partial charge is 0.0669 e. The van der Waals surface area contributed by atoms with E-state index in [2.05, 4.69) is 28.1 Å². The molecule has 1 aromatic rings. The monoisotopic (exact) mass is 223 g/mol. The fourth-order valence-electron chi connectivity index (χ4n) is 1.16. The Morgan fingerprint density at radius 3 is 2.50 bits per heavy atom. The molecule has 2 heteroatoms. The zero-order valence-electron chi connectivity index (χ0n) is 6.76. The quantitative estimate of drug-likeness (QED) is 0.724. The fourth-order valence-corrected chi connectivity index (χ4v) is 1.59. The highest BCUT2D eigenvalue weighted by molar-refractivity contribution is 9.09. The normalized spacial score (nSPS) is 9.33. The summed E-state index contributed by atoms with van der Waals surface area (Å²) in [6.07, 6.45) is 1.51. The molecule has 0 amide bonds. The minimum atomic E-state index is 0.517. The van der Waals surface area contributed by atoms with Gasteiger partial charge in [-0.15, -0.1) is 0 Å². The second kappa shape index (κ2) is 4.95. The summed E-state index contributed by atoms with van der Waals surface area (Å²) in [5, 5.41) is 9.50. The lowest BCUT2D eigenvalue weighted by Crippen LogP contribution is -1.93. The summed E-state index contributed by atoms with van der Waals surface area (Å²) in [4.78, 5) is 0. The average molecular weight is 224 g/mol. The molecule has 0 radical (unpaired) electrons. The topological polar surface area (TPSA) is 23.8 Å². The average Bonchev–Trinajstić information content (AvgIpc) is 2.09. The van der Waals surface area contributed by atoms with Gasteiger partial charge < -0.3 is 0 Å². The van der Waals surface area contributed by atoms with E-state index in [0.29, 0.717) is 6.42 Å². The molecule has 1 nitrogen and oxygen atoms in total. The van der Waals surface area contributed by atoms with E-state index < -0.39 is 0 Å². The van der Waals surface area contributed by atoms with Crippen molar-refractivity contribution >= 4 is 15.9 Å². The van der Waals surface area contributed by atoms with Crippen LogP contribution in [-0.2, 0) is 12.8 Å². The Kier molecular flexibility index (Phi) is 3.83. The molecule has 62 valence electrons. The van der Waals surface area contributed by atoms with Crippen LogP contribution < -0.4 is 0 Å². The molecule has 1 aromatic carbocycles. The zero-order chi connectivity index (χ0) is 8.81. The number of rotatable bonds is 3. The molecule has 0 aliphatic rings. The van der Waals surface area contributed by atoms with Crippen LogP contribution in [0.5, 0.6) is 0 Å². The van der Waals surface area contributed by atoms with Crippen LogP contribution >= 0.6 is 15.9 Å². The minimum Gasteiger partial charge on any atom is -0.198 e. The van der Waals surface area contributed by atoms with Gasteiger partial charge in [0, 0.05) is 5.33 Å². The first-order valence-corrected chi connectivity index (χ1v) is 5.00. The van der Waals surface area contributed by atoms with Crippen molar-refractivity contribution in [3.05, 3.63) is 35.4 Å². The van der Waals surface area contributed by atoms with E-state index >= 15 is 0 Å². The molecule has 0 aliphatic carbocycles.